The highest BCUT2D eigenvalue weighted by Gasteiger charge is 2.47. The van der Waals surface area contributed by atoms with E-state index in [2.05, 4.69) is 33.9 Å². The molecule has 0 aromatic carbocycles. The number of ether oxygens (including phenoxy) is 1. The average molecular weight is 386 g/mol. The summed E-state index contributed by atoms with van der Waals surface area (Å²) in [5.41, 5.74) is -0.470. The number of aliphatic hydroxyl groups is 1. The summed E-state index contributed by atoms with van der Waals surface area (Å²) in [6, 6.07) is 0. The molecule has 0 aromatic heterocycles. The van der Waals surface area contributed by atoms with E-state index in [1.165, 1.54) is 0 Å². The van der Waals surface area contributed by atoms with Crippen LogP contribution in [0.15, 0.2) is 0 Å². The van der Waals surface area contributed by atoms with Crippen LogP contribution in [0, 0.1) is 17.8 Å². The molecule has 0 spiro atoms. The number of piperidine rings is 1. The zero-order valence-corrected chi connectivity index (χ0v) is 19.0. The van der Waals surface area contributed by atoms with Gasteiger partial charge in [0.1, 0.15) is 5.60 Å². The Bertz CT molecular complexity index is 509. The number of carbonyl (C=O) groups excluding carboxylic acids is 1. The molecule has 152 valence electrons. The van der Waals surface area contributed by atoms with Gasteiger partial charge in [0.05, 0.1) is 6.10 Å². The van der Waals surface area contributed by atoms with Crippen LogP contribution in [0.5, 0.6) is 0 Å². The Kier molecular flexibility index (Phi) is 6.21. The molecular weight excluding hydrogens is 346 g/mol. The fourth-order valence-electron chi connectivity index (χ4n) is 3.88. The van der Waals surface area contributed by atoms with Gasteiger partial charge in [0, 0.05) is 25.6 Å². The molecule has 2 fully saturated rings. The van der Waals surface area contributed by atoms with Gasteiger partial charge in [-0.15, -0.1) is 0 Å². The zero-order chi connectivity index (χ0) is 19.9. The highest BCUT2D eigenvalue weighted by Crippen LogP contribution is 2.44. The SMILES string of the molecule is CC(C)(C)OC(=O)N1CC[C@@H]2[C@@H](CC(O)[C@H]2CO[Si](C)(C)C(C)(C)C)C1. The van der Waals surface area contributed by atoms with Gasteiger partial charge in [0.2, 0.25) is 0 Å². The molecule has 0 radical (unpaired) electrons. The van der Waals surface area contributed by atoms with Gasteiger partial charge in [0.15, 0.2) is 8.32 Å². The molecule has 1 saturated heterocycles. The van der Waals surface area contributed by atoms with Crippen LogP contribution in [-0.4, -0.2) is 55.8 Å². The molecule has 1 heterocycles. The Balaban J connectivity index is 1.95. The summed E-state index contributed by atoms with van der Waals surface area (Å²) in [5.74, 6) is 0.975. The van der Waals surface area contributed by atoms with Crippen molar-refractivity contribution < 1.29 is 19.1 Å². The molecule has 1 aliphatic carbocycles. The van der Waals surface area contributed by atoms with Crippen molar-refractivity contribution in [2.24, 2.45) is 17.8 Å². The van der Waals surface area contributed by atoms with Crippen molar-refractivity contribution in [2.45, 2.75) is 84.2 Å². The summed E-state index contributed by atoms with van der Waals surface area (Å²) >= 11 is 0. The highest BCUT2D eigenvalue weighted by molar-refractivity contribution is 6.74. The first kappa shape index (κ1) is 21.7. The number of nitrogens with zero attached hydrogens (tertiary/aromatic N) is 1. The molecule has 0 aromatic rings. The van der Waals surface area contributed by atoms with Crippen LogP contribution in [0.2, 0.25) is 18.1 Å². The Morgan fingerprint density at radius 1 is 1.19 bits per heavy atom. The zero-order valence-electron chi connectivity index (χ0n) is 18.0. The molecule has 1 unspecified atom stereocenters. The van der Waals surface area contributed by atoms with Crippen LogP contribution >= 0.6 is 0 Å². The Morgan fingerprint density at radius 2 is 1.81 bits per heavy atom. The molecule has 4 atom stereocenters. The molecule has 1 aliphatic heterocycles. The third-order valence-electron chi connectivity index (χ3n) is 6.48. The van der Waals surface area contributed by atoms with E-state index in [1.54, 1.807) is 0 Å². The molecule has 26 heavy (non-hydrogen) atoms. The average Bonchev–Trinajstić information content (AvgIpc) is 2.76. The maximum atomic E-state index is 12.4. The fraction of sp³-hybridized carbons (Fsp3) is 0.950. The van der Waals surface area contributed by atoms with Gasteiger partial charge in [-0.1, -0.05) is 20.8 Å². The number of amides is 1. The van der Waals surface area contributed by atoms with Gasteiger partial charge in [-0.05, 0) is 63.6 Å². The molecule has 0 bridgehead atoms. The Hall–Kier alpha value is -0.593. The van der Waals surface area contributed by atoms with Gasteiger partial charge in [0.25, 0.3) is 0 Å². The minimum atomic E-state index is -1.81. The predicted molar refractivity (Wildman–Crippen MR) is 107 cm³/mol. The van der Waals surface area contributed by atoms with E-state index < -0.39 is 13.9 Å². The molecule has 1 saturated carbocycles. The Labute approximate surface area is 160 Å². The van der Waals surface area contributed by atoms with Crippen molar-refractivity contribution in [3.05, 3.63) is 0 Å². The second kappa shape index (κ2) is 7.44. The van der Waals surface area contributed by atoms with Crippen molar-refractivity contribution in [3.8, 4) is 0 Å². The minimum Gasteiger partial charge on any atom is -0.444 e. The maximum Gasteiger partial charge on any atom is 0.410 e. The van der Waals surface area contributed by atoms with Gasteiger partial charge in [-0.25, -0.2) is 4.79 Å². The van der Waals surface area contributed by atoms with Gasteiger partial charge >= 0.3 is 6.09 Å². The smallest absolute Gasteiger partial charge is 0.410 e. The van der Waals surface area contributed by atoms with Crippen LogP contribution in [0.3, 0.4) is 0 Å². The molecule has 1 N–H and O–H groups in total. The van der Waals surface area contributed by atoms with Gasteiger partial charge in [-0.2, -0.15) is 0 Å². The monoisotopic (exact) mass is 385 g/mol. The lowest BCUT2D eigenvalue weighted by Crippen LogP contribution is -2.47. The van der Waals surface area contributed by atoms with E-state index >= 15 is 0 Å². The van der Waals surface area contributed by atoms with Crippen molar-refractivity contribution in [1.82, 2.24) is 4.90 Å². The number of likely N-dealkylation sites (tertiary alicyclic amines) is 1. The lowest BCUT2D eigenvalue weighted by Gasteiger charge is -2.40. The van der Waals surface area contributed by atoms with E-state index in [9.17, 15) is 9.90 Å². The molecule has 2 rings (SSSR count). The summed E-state index contributed by atoms with van der Waals surface area (Å²) in [4.78, 5) is 14.2. The lowest BCUT2D eigenvalue weighted by atomic mass is 9.83. The predicted octanol–water partition coefficient (Wildman–Crippen LogP) is 4.26. The maximum absolute atomic E-state index is 12.4. The van der Waals surface area contributed by atoms with E-state index in [0.717, 1.165) is 12.8 Å². The van der Waals surface area contributed by atoms with Gasteiger partial charge < -0.3 is 19.2 Å². The molecule has 1 amide bonds. The Morgan fingerprint density at radius 3 is 2.35 bits per heavy atom. The summed E-state index contributed by atoms with van der Waals surface area (Å²) in [6.45, 7) is 19.0. The van der Waals surface area contributed by atoms with Crippen LogP contribution in [0.4, 0.5) is 4.79 Å². The summed E-state index contributed by atoms with van der Waals surface area (Å²) in [5, 5.41) is 10.8. The first-order valence-electron chi connectivity index (χ1n) is 10.0. The van der Waals surface area contributed by atoms with Gasteiger partial charge in [-0.3, -0.25) is 0 Å². The lowest BCUT2D eigenvalue weighted by molar-refractivity contribution is 0.00847. The third-order valence-corrected chi connectivity index (χ3v) is 11.0. The second-order valence-electron chi connectivity index (χ2n) is 10.7. The van der Waals surface area contributed by atoms with E-state index in [0.29, 0.717) is 31.5 Å². The number of aliphatic hydroxyl groups excluding tert-OH is 1. The number of hydrogen-bond donors (Lipinski definition) is 1. The quantitative estimate of drug-likeness (QED) is 0.737. The molecular formula is C20H39NO4Si. The number of rotatable bonds is 3. The van der Waals surface area contributed by atoms with Crippen molar-refractivity contribution in [3.63, 3.8) is 0 Å². The summed E-state index contributed by atoms with van der Waals surface area (Å²) in [6.07, 6.45) is 1.13. The summed E-state index contributed by atoms with van der Waals surface area (Å²) in [7, 11) is -1.81. The second-order valence-corrected chi connectivity index (χ2v) is 15.5. The van der Waals surface area contributed by atoms with Crippen LogP contribution in [0.1, 0.15) is 54.4 Å². The van der Waals surface area contributed by atoms with E-state index in [4.69, 9.17) is 9.16 Å². The van der Waals surface area contributed by atoms with E-state index in [-0.39, 0.29) is 23.2 Å². The topological polar surface area (TPSA) is 59.0 Å². The minimum absolute atomic E-state index is 0.177. The standard InChI is InChI=1S/C20H39NO4Si/c1-19(2,3)25-18(23)21-10-9-15-14(12-21)11-17(22)16(15)13-24-26(7,8)20(4,5)6/h14-17,22H,9-13H2,1-8H3/t14-,15+,16-,17?/m0/s1. The largest absolute Gasteiger partial charge is 0.444 e. The normalized spacial score (nSPS) is 30.3. The van der Waals surface area contributed by atoms with Crippen LogP contribution < -0.4 is 0 Å². The fourth-order valence-corrected chi connectivity index (χ4v) is 4.92. The summed E-state index contributed by atoms with van der Waals surface area (Å²) < 4.78 is 11.9. The van der Waals surface area contributed by atoms with Crippen molar-refractivity contribution in [1.29, 1.82) is 0 Å². The third kappa shape index (κ3) is 5.02. The van der Waals surface area contributed by atoms with Crippen molar-refractivity contribution in [2.75, 3.05) is 19.7 Å². The number of fused-ring (bicyclic) bond motifs is 1. The number of carbonyl (C=O) groups is 1. The molecule has 2 aliphatic rings. The highest BCUT2D eigenvalue weighted by atomic mass is 28.4. The number of hydrogen-bond acceptors (Lipinski definition) is 4. The van der Waals surface area contributed by atoms with Crippen molar-refractivity contribution >= 4 is 14.4 Å². The molecule has 6 heteroatoms. The van der Waals surface area contributed by atoms with Crippen LogP contribution in [-0.2, 0) is 9.16 Å². The molecule has 5 nitrogen and oxygen atoms in total. The first-order chi connectivity index (χ1) is 11.7. The van der Waals surface area contributed by atoms with Crippen LogP contribution in [0.25, 0.3) is 0 Å². The first-order valence-corrected chi connectivity index (χ1v) is 12.9. The van der Waals surface area contributed by atoms with E-state index in [1.807, 2.05) is 25.7 Å².